The molecule has 0 saturated heterocycles. The van der Waals surface area contributed by atoms with Gasteiger partial charge in [-0.1, -0.05) is 26.7 Å². The zero-order chi connectivity index (χ0) is 15.2. The van der Waals surface area contributed by atoms with Crippen LogP contribution in [0.5, 0.6) is 5.75 Å². The fraction of sp³-hybridized carbons (Fsp3) is 0.611. The van der Waals surface area contributed by atoms with Crippen molar-refractivity contribution in [1.82, 2.24) is 0 Å². The van der Waals surface area contributed by atoms with E-state index >= 15 is 0 Å². The molecule has 0 aromatic heterocycles. The predicted molar refractivity (Wildman–Crippen MR) is 86.5 cm³/mol. The zero-order valence-corrected chi connectivity index (χ0v) is 13.4. The summed E-state index contributed by atoms with van der Waals surface area (Å²) in [5, 5.41) is 3.08. The van der Waals surface area contributed by atoms with E-state index in [9.17, 15) is 4.79 Å². The van der Waals surface area contributed by atoms with Crippen molar-refractivity contribution in [3.8, 4) is 5.75 Å². The Morgan fingerprint density at radius 2 is 2.00 bits per heavy atom. The van der Waals surface area contributed by atoms with Gasteiger partial charge >= 0.3 is 0 Å². The average molecular weight is 289 g/mol. The summed E-state index contributed by atoms with van der Waals surface area (Å²) in [5.41, 5.74) is 0.856. The summed E-state index contributed by atoms with van der Waals surface area (Å²) in [6.45, 7) is 4.46. The quantitative estimate of drug-likeness (QED) is 0.867. The summed E-state index contributed by atoms with van der Waals surface area (Å²) in [5.74, 6) is 2.36. The molecule has 1 aromatic rings. The first-order valence-corrected chi connectivity index (χ1v) is 8.09. The largest absolute Gasteiger partial charge is 0.497 e. The van der Waals surface area contributed by atoms with Gasteiger partial charge in [-0.15, -0.1) is 0 Å². The van der Waals surface area contributed by atoms with Gasteiger partial charge in [-0.05, 0) is 55.4 Å². The van der Waals surface area contributed by atoms with Crippen molar-refractivity contribution in [1.29, 1.82) is 0 Å². The first-order chi connectivity index (χ1) is 10.1. The van der Waals surface area contributed by atoms with E-state index in [4.69, 9.17) is 4.74 Å². The van der Waals surface area contributed by atoms with E-state index in [0.717, 1.165) is 30.7 Å². The number of hydrogen-bond acceptors (Lipinski definition) is 2. The van der Waals surface area contributed by atoms with Crippen molar-refractivity contribution in [2.45, 2.75) is 46.0 Å². The van der Waals surface area contributed by atoms with Crippen molar-refractivity contribution < 1.29 is 9.53 Å². The van der Waals surface area contributed by atoms with Gasteiger partial charge in [-0.25, -0.2) is 0 Å². The second kappa shape index (κ2) is 7.48. The molecule has 0 spiro atoms. The SMILES string of the molecule is CCCC1CCC(C)CC1C(=O)Nc1ccc(OC)cc1. The van der Waals surface area contributed by atoms with E-state index in [1.807, 2.05) is 24.3 Å². The molecular formula is C18H27NO2. The Kier molecular flexibility index (Phi) is 5.66. The molecule has 1 saturated carbocycles. The maximum Gasteiger partial charge on any atom is 0.227 e. The Labute approximate surface area is 128 Å². The van der Waals surface area contributed by atoms with Gasteiger partial charge < -0.3 is 10.1 Å². The van der Waals surface area contributed by atoms with Gasteiger partial charge in [0.05, 0.1) is 7.11 Å². The topological polar surface area (TPSA) is 38.3 Å². The molecule has 1 amide bonds. The summed E-state index contributed by atoms with van der Waals surface area (Å²) >= 11 is 0. The van der Waals surface area contributed by atoms with Gasteiger partial charge in [0.1, 0.15) is 5.75 Å². The highest BCUT2D eigenvalue weighted by Gasteiger charge is 2.33. The van der Waals surface area contributed by atoms with Gasteiger partial charge in [0, 0.05) is 11.6 Å². The van der Waals surface area contributed by atoms with Crippen LogP contribution in [0.2, 0.25) is 0 Å². The third kappa shape index (κ3) is 4.23. The first-order valence-electron chi connectivity index (χ1n) is 8.09. The second-order valence-corrected chi connectivity index (χ2v) is 6.29. The molecule has 1 aliphatic carbocycles. The van der Waals surface area contributed by atoms with Crippen LogP contribution in [0.15, 0.2) is 24.3 Å². The third-order valence-electron chi connectivity index (χ3n) is 4.61. The lowest BCUT2D eigenvalue weighted by molar-refractivity contribution is -0.123. The van der Waals surface area contributed by atoms with Crippen LogP contribution in [0.25, 0.3) is 0 Å². The van der Waals surface area contributed by atoms with E-state index in [0.29, 0.717) is 11.8 Å². The van der Waals surface area contributed by atoms with E-state index < -0.39 is 0 Å². The van der Waals surface area contributed by atoms with E-state index in [1.165, 1.54) is 12.8 Å². The van der Waals surface area contributed by atoms with Crippen LogP contribution < -0.4 is 10.1 Å². The lowest BCUT2D eigenvalue weighted by Gasteiger charge is -2.34. The Bertz CT molecular complexity index is 455. The number of rotatable bonds is 5. The van der Waals surface area contributed by atoms with Crippen LogP contribution in [-0.2, 0) is 4.79 Å². The standard InChI is InChI=1S/C18H27NO2/c1-4-5-14-7-6-13(2)12-17(14)18(20)19-15-8-10-16(21-3)11-9-15/h8-11,13-14,17H,4-7,12H2,1-3H3,(H,19,20). The maximum atomic E-state index is 12.6. The average Bonchev–Trinajstić information content (AvgIpc) is 2.50. The second-order valence-electron chi connectivity index (χ2n) is 6.29. The minimum Gasteiger partial charge on any atom is -0.497 e. The summed E-state index contributed by atoms with van der Waals surface area (Å²) in [6.07, 6.45) is 5.79. The molecule has 2 rings (SSSR count). The molecule has 3 atom stereocenters. The smallest absolute Gasteiger partial charge is 0.227 e. The molecule has 116 valence electrons. The molecule has 21 heavy (non-hydrogen) atoms. The highest BCUT2D eigenvalue weighted by molar-refractivity contribution is 5.92. The minimum atomic E-state index is 0.163. The molecule has 1 N–H and O–H groups in total. The molecule has 0 radical (unpaired) electrons. The highest BCUT2D eigenvalue weighted by atomic mass is 16.5. The molecule has 0 bridgehead atoms. The summed E-state index contributed by atoms with van der Waals surface area (Å²) in [6, 6.07) is 7.56. The van der Waals surface area contributed by atoms with Gasteiger partial charge in [0.15, 0.2) is 0 Å². The molecule has 1 fully saturated rings. The Balaban J connectivity index is 2.01. The number of methoxy groups -OCH3 is 1. The lowest BCUT2D eigenvalue weighted by atomic mass is 9.72. The minimum absolute atomic E-state index is 0.163. The number of carbonyl (C=O) groups excluding carboxylic acids is 1. The van der Waals surface area contributed by atoms with E-state index in [2.05, 4.69) is 19.2 Å². The number of ether oxygens (including phenoxy) is 1. The molecule has 3 nitrogen and oxygen atoms in total. The number of benzene rings is 1. The fourth-order valence-corrected chi connectivity index (χ4v) is 3.39. The molecule has 3 heteroatoms. The Morgan fingerprint density at radius 1 is 1.29 bits per heavy atom. The number of hydrogen-bond donors (Lipinski definition) is 1. The van der Waals surface area contributed by atoms with Gasteiger partial charge in [-0.2, -0.15) is 0 Å². The Hall–Kier alpha value is -1.51. The summed E-state index contributed by atoms with van der Waals surface area (Å²) < 4.78 is 5.14. The van der Waals surface area contributed by atoms with Crippen LogP contribution in [-0.4, -0.2) is 13.0 Å². The number of anilines is 1. The van der Waals surface area contributed by atoms with Crippen molar-refractivity contribution in [3.05, 3.63) is 24.3 Å². The van der Waals surface area contributed by atoms with Crippen LogP contribution >= 0.6 is 0 Å². The number of carbonyl (C=O) groups is 1. The number of nitrogens with one attached hydrogen (secondary N) is 1. The van der Waals surface area contributed by atoms with Crippen molar-refractivity contribution >= 4 is 11.6 Å². The normalized spacial score (nSPS) is 25.4. The molecule has 0 heterocycles. The van der Waals surface area contributed by atoms with Crippen LogP contribution in [0.4, 0.5) is 5.69 Å². The van der Waals surface area contributed by atoms with Crippen LogP contribution in [0, 0.1) is 17.8 Å². The van der Waals surface area contributed by atoms with E-state index in [-0.39, 0.29) is 11.8 Å². The van der Waals surface area contributed by atoms with Crippen molar-refractivity contribution in [2.75, 3.05) is 12.4 Å². The van der Waals surface area contributed by atoms with Gasteiger partial charge in [-0.3, -0.25) is 4.79 Å². The molecular weight excluding hydrogens is 262 g/mol. The molecule has 1 aliphatic rings. The van der Waals surface area contributed by atoms with Gasteiger partial charge in [0.25, 0.3) is 0 Å². The maximum absolute atomic E-state index is 12.6. The summed E-state index contributed by atoms with van der Waals surface area (Å²) in [4.78, 5) is 12.6. The Morgan fingerprint density at radius 3 is 2.62 bits per heavy atom. The molecule has 3 unspecified atom stereocenters. The van der Waals surface area contributed by atoms with Crippen LogP contribution in [0.3, 0.4) is 0 Å². The third-order valence-corrected chi connectivity index (χ3v) is 4.61. The predicted octanol–water partition coefficient (Wildman–Crippen LogP) is 4.49. The van der Waals surface area contributed by atoms with Gasteiger partial charge in [0.2, 0.25) is 5.91 Å². The molecule has 1 aromatic carbocycles. The van der Waals surface area contributed by atoms with Crippen LogP contribution in [0.1, 0.15) is 46.0 Å². The summed E-state index contributed by atoms with van der Waals surface area (Å²) in [7, 11) is 1.65. The monoisotopic (exact) mass is 289 g/mol. The van der Waals surface area contributed by atoms with Crippen molar-refractivity contribution in [3.63, 3.8) is 0 Å². The fourth-order valence-electron chi connectivity index (χ4n) is 3.39. The van der Waals surface area contributed by atoms with E-state index in [1.54, 1.807) is 7.11 Å². The highest BCUT2D eigenvalue weighted by Crippen LogP contribution is 2.37. The first kappa shape index (κ1) is 15.9. The zero-order valence-electron chi connectivity index (χ0n) is 13.4. The van der Waals surface area contributed by atoms with Crippen molar-refractivity contribution in [2.24, 2.45) is 17.8 Å². The lowest BCUT2D eigenvalue weighted by Crippen LogP contribution is -2.34. The number of amides is 1. The molecule has 0 aliphatic heterocycles.